The van der Waals surface area contributed by atoms with Crippen LogP contribution in [0, 0.1) is 24.0 Å². The van der Waals surface area contributed by atoms with Crippen molar-refractivity contribution in [3.8, 4) is 17.1 Å². The van der Waals surface area contributed by atoms with E-state index >= 15 is 0 Å². The molecule has 10 nitrogen and oxygen atoms in total. The number of fused-ring (bicyclic) bond motifs is 1. The Balaban J connectivity index is 1.59. The molecule has 0 bridgehead atoms. The van der Waals surface area contributed by atoms with Crippen LogP contribution >= 0.6 is 11.3 Å². The number of thiazole rings is 1. The van der Waals surface area contributed by atoms with Crippen molar-refractivity contribution in [1.82, 2.24) is 4.57 Å². The van der Waals surface area contributed by atoms with Crippen LogP contribution in [0.15, 0.2) is 86.7 Å². The van der Waals surface area contributed by atoms with Gasteiger partial charge in [-0.15, -0.1) is 0 Å². The van der Waals surface area contributed by atoms with Crippen LogP contribution in [0.5, 0.6) is 5.75 Å². The lowest BCUT2D eigenvalue weighted by Crippen LogP contribution is -2.39. The number of benzene rings is 2. The lowest BCUT2D eigenvalue weighted by molar-refractivity contribution is -0.385. The van der Waals surface area contributed by atoms with Crippen molar-refractivity contribution < 1.29 is 23.6 Å². The van der Waals surface area contributed by atoms with Gasteiger partial charge in [0.15, 0.2) is 4.80 Å². The van der Waals surface area contributed by atoms with Crippen molar-refractivity contribution in [3.05, 3.63) is 125 Å². The summed E-state index contributed by atoms with van der Waals surface area (Å²) in [4.78, 5) is 43.1. The zero-order valence-electron chi connectivity index (χ0n) is 24.1. The maximum absolute atomic E-state index is 13.9. The highest BCUT2D eigenvalue weighted by Crippen LogP contribution is 2.33. The van der Waals surface area contributed by atoms with Gasteiger partial charge in [0.1, 0.15) is 23.9 Å². The number of nitro groups is 1. The topological polar surface area (TPSA) is 126 Å². The molecule has 0 N–H and O–H groups in total. The van der Waals surface area contributed by atoms with Gasteiger partial charge in [0.05, 0.1) is 33.4 Å². The van der Waals surface area contributed by atoms with Gasteiger partial charge in [0.2, 0.25) is 0 Å². The SMILES string of the molecule is C=CCOc1ccc([C@H]2C(C(=O)OCC)=C(C)N=c3s/c(=C\c4ccc(-c5cc(C)c(C)c([N+](=O)[O-])c5)o4)c(=O)n32)cc1. The van der Waals surface area contributed by atoms with Gasteiger partial charge in [0, 0.05) is 23.3 Å². The van der Waals surface area contributed by atoms with Crippen LogP contribution in [-0.4, -0.2) is 28.7 Å². The number of nitro benzene ring substituents is 1. The molecule has 43 heavy (non-hydrogen) atoms. The number of allylic oxidation sites excluding steroid dienone is 1. The molecular formula is C32H29N3O7S. The number of carbonyl (C=O) groups excluding carboxylic acids is 1. The van der Waals surface area contributed by atoms with Gasteiger partial charge < -0.3 is 13.9 Å². The van der Waals surface area contributed by atoms with Crippen LogP contribution in [0.2, 0.25) is 0 Å². The molecule has 4 aromatic rings. The zero-order valence-corrected chi connectivity index (χ0v) is 24.9. The Morgan fingerprint density at radius 1 is 1.19 bits per heavy atom. The van der Waals surface area contributed by atoms with Gasteiger partial charge >= 0.3 is 5.97 Å². The second kappa shape index (κ2) is 12.1. The van der Waals surface area contributed by atoms with E-state index < -0.39 is 16.9 Å². The number of ether oxygens (including phenoxy) is 2. The number of hydrogen-bond acceptors (Lipinski definition) is 9. The second-order valence-corrected chi connectivity index (χ2v) is 10.9. The predicted octanol–water partition coefficient (Wildman–Crippen LogP) is 5.15. The van der Waals surface area contributed by atoms with Gasteiger partial charge in [-0.05, 0) is 69.2 Å². The first-order valence-electron chi connectivity index (χ1n) is 13.5. The Kier molecular flexibility index (Phi) is 8.27. The van der Waals surface area contributed by atoms with E-state index in [1.54, 1.807) is 76.2 Å². The molecule has 1 atom stereocenters. The van der Waals surface area contributed by atoms with Crippen molar-refractivity contribution >= 4 is 29.1 Å². The summed E-state index contributed by atoms with van der Waals surface area (Å²) in [7, 11) is 0. The summed E-state index contributed by atoms with van der Waals surface area (Å²) in [6.45, 7) is 11.1. The summed E-state index contributed by atoms with van der Waals surface area (Å²) in [6.07, 6.45) is 3.25. The number of nitrogens with zero attached hydrogens (tertiary/aromatic N) is 3. The molecule has 0 fully saturated rings. The molecule has 0 spiro atoms. The van der Waals surface area contributed by atoms with E-state index in [-0.39, 0.29) is 23.4 Å². The molecule has 0 saturated carbocycles. The van der Waals surface area contributed by atoms with Crippen LogP contribution in [-0.2, 0) is 9.53 Å². The average Bonchev–Trinajstić information content (AvgIpc) is 3.57. The molecular weight excluding hydrogens is 570 g/mol. The van der Waals surface area contributed by atoms with Crippen molar-refractivity contribution in [2.75, 3.05) is 13.2 Å². The molecule has 2 aromatic carbocycles. The fourth-order valence-electron chi connectivity index (χ4n) is 4.90. The Bertz CT molecular complexity index is 1960. The molecule has 0 amide bonds. The maximum atomic E-state index is 13.9. The highest BCUT2D eigenvalue weighted by Gasteiger charge is 2.33. The molecule has 1 aliphatic rings. The smallest absolute Gasteiger partial charge is 0.338 e. The summed E-state index contributed by atoms with van der Waals surface area (Å²) < 4.78 is 18.8. The van der Waals surface area contributed by atoms with Crippen molar-refractivity contribution in [3.63, 3.8) is 0 Å². The van der Waals surface area contributed by atoms with Gasteiger partial charge in [0.25, 0.3) is 11.2 Å². The largest absolute Gasteiger partial charge is 0.490 e. The number of rotatable bonds is 9. The minimum Gasteiger partial charge on any atom is -0.490 e. The summed E-state index contributed by atoms with van der Waals surface area (Å²) >= 11 is 1.17. The number of furan rings is 1. The van der Waals surface area contributed by atoms with Crippen molar-refractivity contribution in [1.29, 1.82) is 0 Å². The van der Waals surface area contributed by atoms with Crippen LogP contribution in [0.25, 0.3) is 17.4 Å². The maximum Gasteiger partial charge on any atom is 0.338 e. The zero-order chi connectivity index (χ0) is 30.8. The molecule has 0 saturated heterocycles. The van der Waals surface area contributed by atoms with E-state index in [4.69, 9.17) is 13.9 Å². The molecule has 220 valence electrons. The molecule has 3 heterocycles. The molecule has 0 unspecified atom stereocenters. The number of carbonyl (C=O) groups is 1. The highest BCUT2D eigenvalue weighted by atomic mass is 32.1. The van der Waals surface area contributed by atoms with Crippen molar-refractivity contribution in [2.24, 2.45) is 4.99 Å². The summed E-state index contributed by atoms with van der Waals surface area (Å²) in [6, 6.07) is 13.1. The minimum absolute atomic E-state index is 0.00864. The van der Waals surface area contributed by atoms with Gasteiger partial charge in [-0.1, -0.05) is 36.1 Å². The molecule has 1 aliphatic heterocycles. The fraction of sp³-hybridized carbons (Fsp3) is 0.219. The molecule has 5 rings (SSSR count). The first kappa shape index (κ1) is 29.5. The molecule has 0 aliphatic carbocycles. The third-order valence-electron chi connectivity index (χ3n) is 7.10. The van der Waals surface area contributed by atoms with Gasteiger partial charge in [-0.25, -0.2) is 9.79 Å². The van der Waals surface area contributed by atoms with Crippen LogP contribution in [0.1, 0.15) is 42.3 Å². The van der Waals surface area contributed by atoms with E-state index in [9.17, 15) is 19.7 Å². The number of hydrogen-bond donors (Lipinski definition) is 0. The Labute approximate surface area is 250 Å². The van der Waals surface area contributed by atoms with Gasteiger partial charge in [-0.2, -0.15) is 0 Å². The van der Waals surface area contributed by atoms with Crippen LogP contribution in [0.3, 0.4) is 0 Å². The number of esters is 1. The summed E-state index contributed by atoms with van der Waals surface area (Å²) in [5, 5.41) is 11.5. The molecule has 11 heteroatoms. The van der Waals surface area contributed by atoms with E-state index in [0.717, 1.165) is 5.56 Å². The quantitative estimate of drug-likeness (QED) is 0.113. The Morgan fingerprint density at radius 3 is 2.60 bits per heavy atom. The number of aromatic nitrogens is 1. The van der Waals surface area contributed by atoms with Gasteiger partial charge in [-0.3, -0.25) is 19.5 Å². The highest BCUT2D eigenvalue weighted by molar-refractivity contribution is 7.07. The third kappa shape index (κ3) is 5.71. The lowest BCUT2D eigenvalue weighted by atomic mass is 9.96. The fourth-order valence-corrected chi connectivity index (χ4v) is 5.92. The normalized spacial score (nSPS) is 14.7. The Hall–Kier alpha value is -5.03. The Morgan fingerprint density at radius 2 is 1.93 bits per heavy atom. The monoisotopic (exact) mass is 599 g/mol. The minimum atomic E-state index is -0.769. The summed E-state index contributed by atoms with van der Waals surface area (Å²) in [5.74, 6) is 0.899. The first-order chi connectivity index (χ1) is 20.6. The third-order valence-corrected chi connectivity index (χ3v) is 8.08. The van der Waals surface area contributed by atoms with E-state index in [1.165, 1.54) is 22.0 Å². The standard InChI is InChI=1S/C32H29N3O7S/c1-6-14-41-23-10-8-21(9-11-23)29-28(31(37)40-7-2)20(5)33-32-34(29)30(36)27(43-32)17-24-12-13-26(42-24)22-15-18(3)19(4)25(16-22)35(38)39/h6,8-13,15-17,29H,1,7,14H2,2-5H3/b27-17-/t29-/m0/s1. The van der Waals surface area contributed by atoms with E-state index in [2.05, 4.69) is 11.6 Å². The van der Waals surface area contributed by atoms with E-state index in [1.807, 2.05) is 6.07 Å². The van der Waals surface area contributed by atoms with E-state index in [0.29, 0.717) is 55.6 Å². The lowest BCUT2D eigenvalue weighted by Gasteiger charge is -2.24. The van der Waals surface area contributed by atoms with Crippen LogP contribution in [0.4, 0.5) is 5.69 Å². The number of aryl methyl sites for hydroxylation is 1. The summed E-state index contributed by atoms with van der Waals surface area (Å²) in [5.41, 5.74) is 3.00. The first-order valence-corrected chi connectivity index (χ1v) is 14.3. The average molecular weight is 600 g/mol. The van der Waals surface area contributed by atoms with Crippen LogP contribution < -0.4 is 19.6 Å². The van der Waals surface area contributed by atoms with Crippen molar-refractivity contribution in [2.45, 2.75) is 33.7 Å². The second-order valence-electron chi connectivity index (χ2n) is 9.87. The molecule has 0 radical (unpaired) electrons. The predicted molar refractivity (Wildman–Crippen MR) is 163 cm³/mol. The molecule has 2 aromatic heterocycles.